The predicted octanol–water partition coefficient (Wildman–Crippen LogP) is 6.01. The lowest BCUT2D eigenvalue weighted by atomic mass is 9.79. The molecular formula is C28H43N3. The van der Waals surface area contributed by atoms with Gasteiger partial charge in [-0.1, -0.05) is 58.3 Å². The lowest BCUT2D eigenvalue weighted by Gasteiger charge is -2.37. The van der Waals surface area contributed by atoms with Gasteiger partial charge in [-0.05, 0) is 79.4 Å². The van der Waals surface area contributed by atoms with Crippen LogP contribution in [0.25, 0.3) is 0 Å². The number of rotatable bonds is 9. The number of hydrogen-bond acceptors (Lipinski definition) is 3. The lowest BCUT2D eigenvalue weighted by molar-refractivity contribution is 0.221. The second kappa shape index (κ2) is 10.3. The first kappa shape index (κ1) is 22.5. The van der Waals surface area contributed by atoms with Crippen LogP contribution in [0.5, 0.6) is 0 Å². The molecule has 0 spiro atoms. The topological polar surface area (TPSA) is 18.5 Å². The first-order valence-electron chi connectivity index (χ1n) is 12.7. The Morgan fingerprint density at radius 2 is 1.94 bits per heavy atom. The van der Waals surface area contributed by atoms with E-state index in [2.05, 4.69) is 53.4 Å². The Bertz CT molecular complexity index is 756. The highest BCUT2D eigenvalue weighted by atomic mass is 15.3. The molecule has 2 aliphatic carbocycles. The standard InChI is InChI=1S/C28H43N3/c1-4-29-23(2)12-15-28(3)16-13-25-22-26(10-11-27(25)28)31-20-18-30(19-21-31)17-14-24-8-6-5-7-9-24/h4,10-11,22,24,29H,1-2,5-9,12-21H2,3H3. The van der Waals surface area contributed by atoms with Crippen molar-refractivity contribution in [2.45, 2.75) is 76.5 Å². The van der Waals surface area contributed by atoms with Crippen LogP contribution in [0.2, 0.25) is 0 Å². The number of nitrogens with one attached hydrogen (secondary N) is 1. The van der Waals surface area contributed by atoms with E-state index >= 15 is 0 Å². The summed E-state index contributed by atoms with van der Waals surface area (Å²) in [4.78, 5) is 5.32. The van der Waals surface area contributed by atoms with Gasteiger partial charge >= 0.3 is 0 Å². The molecular weight excluding hydrogens is 378 g/mol. The SMILES string of the molecule is C=CNC(=C)CCC1(C)CCc2cc(N3CCN(CCC4CCCCC4)CC3)ccc21. The third-order valence-corrected chi connectivity index (χ3v) is 8.29. The molecule has 1 unspecified atom stereocenters. The van der Waals surface area contributed by atoms with Crippen molar-refractivity contribution in [3.63, 3.8) is 0 Å². The van der Waals surface area contributed by atoms with E-state index in [0.717, 1.165) is 24.5 Å². The van der Waals surface area contributed by atoms with Gasteiger partial charge in [0, 0.05) is 37.6 Å². The van der Waals surface area contributed by atoms with E-state index in [1.54, 1.807) is 17.3 Å². The van der Waals surface area contributed by atoms with Crippen molar-refractivity contribution < 1.29 is 0 Å². The molecule has 1 saturated heterocycles. The second-order valence-corrected chi connectivity index (χ2v) is 10.5. The van der Waals surface area contributed by atoms with E-state index in [4.69, 9.17) is 0 Å². The Morgan fingerprint density at radius 3 is 2.68 bits per heavy atom. The van der Waals surface area contributed by atoms with E-state index < -0.39 is 0 Å². The molecule has 1 aromatic rings. The molecule has 1 heterocycles. The summed E-state index contributed by atoms with van der Waals surface area (Å²) >= 11 is 0. The zero-order valence-corrected chi connectivity index (χ0v) is 19.8. The summed E-state index contributed by atoms with van der Waals surface area (Å²) in [6.07, 6.45) is 15.1. The maximum absolute atomic E-state index is 4.12. The number of allylic oxidation sites excluding steroid dienone is 1. The van der Waals surface area contributed by atoms with Gasteiger partial charge in [-0.15, -0.1) is 0 Å². The number of nitrogens with zero attached hydrogens (tertiary/aromatic N) is 2. The van der Waals surface area contributed by atoms with Crippen LogP contribution in [-0.2, 0) is 11.8 Å². The van der Waals surface area contributed by atoms with Gasteiger partial charge in [-0.3, -0.25) is 4.90 Å². The molecule has 1 aromatic carbocycles. The maximum atomic E-state index is 4.12. The summed E-state index contributed by atoms with van der Waals surface area (Å²) in [5.74, 6) is 1.00. The number of benzene rings is 1. The summed E-state index contributed by atoms with van der Waals surface area (Å²) < 4.78 is 0. The van der Waals surface area contributed by atoms with Gasteiger partial charge in [0.2, 0.25) is 0 Å². The number of hydrogen-bond donors (Lipinski definition) is 1. The smallest absolute Gasteiger partial charge is 0.0370 e. The van der Waals surface area contributed by atoms with Crippen molar-refractivity contribution in [3.05, 3.63) is 54.4 Å². The second-order valence-electron chi connectivity index (χ2n) is 10.5. The summed E-state index contributed by atoms with van der Waals surface area (Å²) in [5.41, 5.74) is 5.92. The van der Waals surface area contributed by atoms with Crippen LogP contribution in [0.15, 0.2) is 43.3 Å². The molecule has 170 valence electrons. The molecule has 31 heavy (non-hydrogen) atoms. The molecule has 2 fully saturated rings. The Labute approximate surface area is 190 Å². The van der Waals surface area contributed by atoms with Crippen LogP contribution < -0.4 is 10.2 Å². The molecule has 1 atom stereocenters. The third kappa shape index (κ3) is 5.55. The number of fused-ring (bicyclic) bond motifs is 1. The van der Waals surface area contributed by atoms with Crippen LogP contribution in [0.3, 0.4) is 0 Å². The van der Waals surface area contributed by atoms with Gasteiger partial charge in [0.25, 0.3) is 0 Å². The van der Waals surface area contributed by atoms with Crippen molar-refractivity contribution in [2.75, 3.05) is 37.6 Å². The average molecular weight is 422 g/mol. The summed E-state index contributed by atoms with van der Waals surface area (Å²) in [7, 11) is 0. The first-order chi connectivity index (χ1) is 15.1. The predicted molar refractivity (Wildman–Crippen MR) is 134 cm³/mol. The van der Waals surface area contributed by atoms with Crippen LogP contribution in [0.4, 0.5) is 5.69 Å². The highest BCUT2D eigenvalue weighted by Crippen LogP contribution is 2.43. The van der Waals surface area contributed by atoms with Crippen LogP contribution in [-0.4, -0.2) is 37.6 Å². The molecule has 1 N–H and O–H groups in total. The minimum atomic E-state index is 0.275. The van der Waals surface area contributed by atoms with Gasteiger partial charge < -0.3 is 10.2 Å². The Hall–Kier alpha value is -1.74. The molecule has 0 bridgehead atoms. The zero-order valence-electron chi connectivity index (χ0n) is 19.8. The van der Waals surface area contributed by atoms with E-state index in [1.807, 2.05) is 0 Å². The Morgan fingerprint density at radius 1 is 1.16 bits per heavy atom. The molecule has 3 heteroatoms. The van der Waals surface area contributed by atoms with Crippen LogP contribution in [0, 0.1) is 5.92 Å². The van der Waals surface area contributed by atoms with E-state index in [-0.39, 0.29) is 5.41 Å². The quantitative estimate of drug-likeness (QED) is 0.527. The van der Waals surface area contributed by atoms with Gasteiger partial charge in [-0.25, -0.2) is 0 Å². The Balaban J connectivity index is 1.28. The molecule has 0 amide bonds. The number of anilines is 1. The molecule has 3 aliphatic rings. The monoisotopic (exact) mass is 421 g/mol. The lowest BCUT2D eigenvalue weighted by Crippen LogP contribution is -2.47. The first-order valence-corrected chi connectivity index (χ1v) is 12.7. The molecule has 1 aliphatic heterocycles. The third-order valence-electron chi connectivity index (χ3n) is 8.29. The fourth-order valence-corrected chi connectivity index (χ4v) is 6.09. The molecule has 1 saturated carbocycles. The minimum Gasteiger partial charge on any atom is -0.369 e. The molecule has 3 nitrogen and oxygen atoms in total. The van der Waals surface area contributed by atoms with E-state index in [0.29, 0.717) is 0 Å². The van der Waals surface area contributed by atoms with Crippen molar-refractivity contribution in [2.24, 2.45) is 5.92 Å². The number of aryl methyl sites for hydroxylation is 1. The highest BCUT2D eigenvalue weighted by Gasteiger charge is 2.34. The van der Waals surface area contributed by atoms with Crippen molar-refractivity contribution in [1.82, 2.24) is 10.2 Å². The van der Waals surface area contributed by atoms with Gasteiger partial charge in [0.15, 0.2) is 0 Å². The van der Waals surface area contributed by atoms with Crippen molar-refractivity contribution in [3.8, 4) is 0 Å². The van der Waals surface area contributed by atoms with Gasteiger partial charge in [0.05, 0.1) is 0 Å². The van der Waals surface area contributed by atoms with E-state index in [9.17, 15) is 0 Å². The zero-order chi connectivity index (χ0) is 21.7. The Kier molecular flexibility index (Phi) is 7.43. The fourth-order valence-electron chi connectivity index (χ4n) is 6.09. The molecule has 0 radical (unpaired) electrons. The van der Waals surface area contributed by atoms with Gasteiger partial charge in [-0.2, -0.15) is 0 Å². The van der Waals surface area contributed by atoms with Crippen molar-refractivity contribution in [1.29, 1.82) is 0 Å². The largest absolute Gasteiger partial charge is 0.369 e. The molecule has 4 rings (SSSR count). The average Bonchev–Trinajstić information content (AvgIpc) is 3.14. The highest BCUT2D eigenvalue weighted by molar-refractivity contribution is 5.54. The molecule has 0 aromatic heterocycles. The minimum absolute atomic E-state index is 0.275. The van der Waals surface area contributed by atoms with Crippen molar-refractivity contribution >= 4 is 5.69 Å². The summed E-state index contributed by atoms with van der Waals surface area (Å²) in [6.45, 7) is 16.4. The summed E-state index contributed by atoms with van der Waals surface area (Å²) in [5, 5.41) is 3.15. The van der Waals surface area contributed by atoms with Gasteiger partial charge in [0.1, 0.15) is 0 Å². The normalized spacial score (nSPS) is 24.7. The fraction of sp³-hybridized carbons (Fsp3) is 0.643. The van der Waals surface area contributed by atoms with E-state index in [1.165, 1.54) is 89.8 Å². The van der Waals surface area contributed by atoms with Crippen LogP contribution >= 0.6 is 0 Å². The maximum Gasteiger partial charge on any atom is 0.0370 e. The summed E-state index contributed by atoms with van der Waals surface area (Å²) in [6, 6.07) is 7.31. The van der Waals surface area contributed by atoms with Crippen LogP contribution in [0.1, 0.15) is 75.8 Å². The number of piperazine rings is 1.